The second kappa shape index (κ2) is 4.53. The summed E-state index contributed by atoms with van der Waals surface area (Å²) >= 11 is 5.68. The number of carbonyl (C=O) groups excluding carboxylic acids is 1. The number of nitrogens with two attached hydrogens (primary N) is 1. The molecule has 3 nitrogen and oxygen atoms in total. The normalized spacial score (nSPS) is 23.9. The third-order valence-corrected chi connectivity index (χ3v) is 3.44. The molecule has 0 radical (unpaired) electrons. The fourth-order valence-corrected chi connectivity index (χ4v) is 2.55. The van der Waals surface area contributed by atoms with Gasteiger partial charge in [-0.1, -0.05) is 24.3 Å². The summed E-state index contributed by atoms with van der Waals surface area (Å²) in [6.45, 7) is 1.01. The van der Waals surface area contributed by atoms with Crippen LogP contribution in [0.3, 0.4) is 0 Å². The van der Waals surface area contributed by atoms with E-state index in [4.69, 9.17) is 17.3 Å². The van der Waals surface area contributed by atoms with Crippen LogP contribution >= 0.6 is 11.6 Å². The van der Waals surface area contributed by atoms with Crippen LogP contribution in [-0.2, 0) is 16.8 Å². The number of halogens is 1. The molecular formula is C12H15ClN2O. The SMILES string of the molecule is NCC1(C(=O)CCl)NCCc2ccccc21. The number of hydrogen-bond acceptors (Lipinski definition) is 3. The Balaban J connectivity index is 2.53. The van der Waals surface area contributed by atoms with Crippen molar-refractivity contribution < 1.29 is 4.79 Å². The maximum atomic E-state index is 12.0. The van der Waals surface area contributed by atoms with Crippen LogP contribution in [-0.4, -0.2) is 24.8 Å². The standard InChI is InChI=1S/C12H15ClN2O/c13-7-11(16)12(8-14)10-4-2-1-3-9(10)5-6-15-12/h1-4,15H,5-8,14H2. The molecule has 1 unspecified atom stereocenters. The highest BCUT2D eigenvalue weighted by atomic mass is 35.5. The summed E-state index contributed by atoms with van der Waals surface area (Å²) in [5, 5.41) is 3.23. The maximum absolute atomic E-state index is 12.0. The van der Waals surface area contributed by atoms with E-state index in [1.165, 1.54) is 5.56 Å². The first-order valence-electron chi connectivity index (χ1n) is 5.37. The zero-order valence-corrected chi connectivity index (χ0v) is 9.76. The van der Waals surface area contributed by atoms with Gasteiger partial charge in [-0.05, 0) is 17.5 Å². The van der Waals surface area contributed by atoms with Crippen molar-refractivity contribution in [2.75, 3.05) is 19.0 Å². The molecule has 0 fully saturated rings. The smallest absolute Gasteiger partial charge is 0.173 e. The van der Waals surface area contributed by atoms with Gasteiger partial charge in [0.05, 0.1) is 5.88 Å². The molecule has 3 N–H and O–H groups in total. The van der Waals surface area contributed by atoms with E-state index in [9.17, 15) is 4.79 Å². The van der Waals surface area contributed by atoms with Crippen LogP contribution < -0.4 is 11.1 Å². The first kappa shape index (κ1) is 11.6. The van der Waals surface area contributed by atoms with Crippen molar-refractivity contribution in [3.8, 4) is 0 Å². The molecule has 2 rings (SSSR count). The zero-order valence-electron chi connectivity index (χ0n) is 9.00. The van der Waals surface area contributed by atoms with Gasteiger partial charge in [-0.2, -0.15) is 0 Å². The van der Waals surface area contributed by atoms with Crippen LogP contribution in [0.4, 0.5) is 0 Å². The molecule has 1 aliphatic rings. The summed E-state index contributed by atoms with van der Waals surface area (Å²) in [5.74, 6) is -0.0674. The number of benzene rings is 1. The monoisotopic (exact) mass is 238 g/mol. The lowest BCUT2D eigenvalue weighted by atomic mass is 9.79. The number of rotatable bonds is 3. The number of carbonyl (C=O) groups is 1. The lowest BCUT2D eigenvalue weighted by Gasteiger charge is -2.37. The second-order valence-corrected chi connectivity index (χ2v) is 4.27. The fourth-order valence-electron chi connectivity index (χ4n) is 2.32. The largest absolute Gasteiger partial charge is 0.328 e. The third-order valence-electron chi connectivity index (χ3n) is 3.20. The summed E-state index contributed by atoms with van der Waals surface area (Å²) in [4.78, 5) is 12.0. The fraction of sp³-hybridized carbons (Fsp3) is 0.417. The van der Waals surface area contributed by atoms with Crippen molar-refractivity contribution in [1.29, 1.82) is 0 Å². The first-order valence-corrected chi connectivity index (χ1v) is 5.91. The molecule has 1 aliphatic heterocycles. The molecule has 0 bridgehead atoms. The summed E-state index contributed by atoms with van der Waals surface area (Å²) in [6, 6.07) is 7.91. The van der Waals surface area contributed by atoms with E-state index in [2.05, 4.69) is 5.32 Å². The van der Waals surface area contributed by atoms with Gasteiger partial charge in [0.1, 0.15) is 5.54 Å². The highest BCUT2D eigenvalue weighted by Gasteiger charge is 2.40. The highest BCUT2D eigenvalue weighted by molar-refractivity contribution is 6.29. The average molecular weight is 239 g/mol. The van der Waals surface area contributed by atoms with Crippen LogP contribution in [0.1, 0.15) is 11.1 Å². The Morgan fingerprint density at radius 1 is 1.50 bits per heavy atom. The number of ketones is 1. The molecule has 1 aromatic rings. The van der Waals surface area contributed by atoms with Gasteiger partial charge >= 0.3 is 0 Å². The number of fused-ring (bicyclic) bond motifs is 1. The first-order chi connectivity index (χ1) is 7.74. The van der Waals surface area contributed by atoms with Crippen LogP contribution in [0.15, 0.2) is 24.3 Å². The molecule has 0 saturated heterocycles. The molecule has 0 spiro atoms. The molecule has 1 heterocycles. The van der Waals surface area contributed by atoms with E-state index in [1.807, 2.05) is 24.3 Å². The summed E-state index contributed by atoms with van der Waals surface area (Å²) in [5.41, 5.74) is 7.17. The lowest BCUT2D eigenvalue weighted by Crippen LogP contribution is -2.58. The van der Waals surface area contributed by atoms with Crippen molar-refractivity contribution in [3.63, 3.8) is 0 Å². The third kappa shape index (κ3) is 1.65. The Morgan fingerprint density at radius 3 is 2.94 bits per heavy atom. The quantitative estimate of drug-likeness (QED) is 0.766. The van der Waals surface area contributed by atoms with Crippen LogP contribution in [0.5, 0.6) is 0 Å². The van der Waals surface area contributed by atoms with Gasteiger partial charge in [0.25, 0.3) is 0 Å². The molecule has 0 aromatic heterocycles. The summed E-state index contributed by atoms with van der Waals surface area (Å²) < 4.78 is 0. The minimum absolute atomic E-state index is 0.0153. The van der Waals surface area contributed by atoms with Gasteiger partial charge in [-0.3, -0.25) is 10.1 Å². The van der Waals surface area contributed by atoms with E-state index in [-0.39, 0.29) is 18.2 Å². The Kier molecular flexibility index (Phi) is 3.28. The van der Waals surface area contributed by atoms with Gasteiger partial charge in [0, 0.05) is 13.1 Å². The highest BCUT2D eigenvalue weighted by Crippen LogP contribution is 2.29. The molecule has 0 aliphatic carbocycles. The molecule has 0 saturated carbocycles. The Bertz CT molecular complexity index is 408. The van der Waals surface area contributed by atoms with Crippen molar-refractivity contribution in [3.05, 3.63) is 35.4 Å². The van der Waals surface area contributed by atoms with Crippen LogP contribution in [0.2, 0.25) is 0 Å². The van der Waals surface area contributed by atoms with Crippen molar-refractivity contribution >= 4 is 17.4 Å². The Morgan fingerprint density at radius 2 is 2.25 bits per heavy atom. The van der Waals surface area contributed by atoms with E-state index < -0.39 is 5.54 Å². The molecule has 1 atom stereocenters. The predicted octanol–water partition coefficient (Wildman–Crippen LogP) is 0.794. The minimum atomic E-state index is -0.781. The van der Waals surface area contributed by atoms with Crippen molar-refractivity contribution in [2.24, 2.45) is 5.73 Å². The summed E-state index contributed by atoms with van der Waals surface area (Å²) in [7, 11) is 0. The van der Waals surface area contributed by atoms with E-state index >= 15 is 0 Å². The number of nitrogens with one attached hydrogen (secondary N) is 1. The van der Waals surface area contributed by atoms with Crippen molar-refractivity contribution in [2.45, 2.75) is 12.0 Å². The van der Waals surface area contributed by atoms with E-state index in [1.54, 1.807) is 0 Å². The predicted molar refractivity (Wildman–Crippen MR) is 64.6 cm³/mol. The number of alkyl halides is 1. The summed E-state index contributed by atoms with van der Waals surface area (Å²) in [6.07, 6.45) is 0.924. The zero-order chi connectivity index (χ0) is 11.6. The average Bonchev–Trinajstić information content (AvgIpc) is 2.37. The van der Waals surface area contributed by atoms with E-state index in [0.717, 1.165) is 18.5 Å². The molecule has 4 heteroatoms. The topological polar surface area (TPSA) is 55.1 Å². The Hall–Kier alpha value is -0.900. The molecule has 16 heavy (non-hydrogen) atoms. The van der Waals surface area contributed by atoms with E-state index in [0.29, 0.717) is 0 Å². The van der Waals surface area contributed by atoms with Gasteiger partial charge < -0.3 is 5.73 Å². The van der Waals surface area contributed by atoms with Gasteiger partial charge in [-0.25, -0.2) is 0 Å². The van der Waals surface area contributed by atoms with Crippen molar-refractivity contribution in [1.82, 2.24) is 5.32 Å². The minimum Gasteiger partial charge on any atom is -0.328 e. The van der Waals surface area contributed by atoms with Crippen LogP contribution in [0.25, 0.3) is 0 Å². The van der Waals surface area contributed by atoms with Gasteiger partial charge in [-0.15, -0.1) is 11.6 Å². The molecular weight excluding hydrogens is 224 g/mol. The molecule has 1 aromatic carbocycles. The van der Waals surface area contributed by atoms with Gasteiger partial charge in [0.15, 0.2) is 5.78 Å². The molecule has 0 amide bonds. The number of Topliss-reactive ketones (excluding diaryl/α,β-unsaturated/α-hetero) is 1. The number of hydrogen-bond donors (Lipinski definition) is 2. The lowest BCUT2D eigenvalue weighted by molar-refractivity contribution is -0.123. The molecule has 86 valence electrons. The van der Waals surface area contributed by atoms with Crippen LogP contribution in [0, 0.1) is 0 Å². The van der Waals surface area contributed by atoms with Gasteiger partial charge in [0.2, 0.25) is 0 Å². The Labute approximate surface area is 100.0 Å². The second-order valence-electron chi connectivity index (χ2n) is 4.00. The maximum Gasteiger partial charge on any atom is 0.173 e.